The number of nitrogens with one attached hydrogen (secondary N) is 1. The van der Waals surface area contributed by atoms with Gasteiger partial charge in [-0.05, 0) is 24.5 Å². The topological polar surface area (TPSA) is 80.3 Å². The van der Waals surface area contributed by atoms with Crippen molar-refractivity contribution in [1.29, 1.82) is 0 Å². The summed E-state index contributed by atoms with van der Waals surface area (Å²) in [5.41, 5.74) is 3.06. The van der Waals surface area contributed by atoms with Gasteiger partial charge in [-0.3, -0.25) is 9.89 Å². The minimum Gasteiger partial charge on any atom is -0.474 e. The average Bonchev–Trinajstić information content (AvgIpc) is 3.34. The Morgan fingerprint density at radius 2 is 1.94 bits per heavy atom. The third kappa shape index (κ3) is 4.67. The van der Waals surface area contributed by atoms with Gasteiger partial charge in [-0.15, -0.1) is 0 Å². The molecule has 5 rings (SSSR count). The van der Waals surface area contributed by atoms with Crippen molar-refractivity contribution in [2.24, 2.45) is 5.92 Å². The molecule has 1 N–H and O–H groups in total. The highest BCUT2D eigenvalue weighted by atomic mass is 16.5. The number of rotatable bonds is 6. The van der Waals surface area contributed by atoms with E-state index in [-0.39, 0.29) is 23.8 Å². The minimum atomic E-state index is -0.197. The maximum absolute atomic E-state index is 13.6. The van der Waals surface area contributed by atoms with Gasteiger partial charge in [-0.2, -0.15) is 5.10 Å². The maximum atomic E-state index is 13.6. The van der Waals surface area contributed by atoms with E-state index in [1.54, 1.807) is 6.20 Å². The number of fused-ring (bicyclic) bond motifs is 1. The van der Waals surface area contributed by atoms with Crippen molar-refractivity contribution in [3.05, 3.63) is 53.9 Å². The Morgan fingerprint density at radius 3 is 2.74 bits per heavy atom. The number of piperidine rings is 1. The Hall–Kier alpha value is -2.93. The largest absolute Gasteiger partial charge is 0.474 e. The van der Waals surface area contributed by atoms with Gasteiger partial charge in [0, 0.05) is 49.9 Å². The number of likely N-dealkylation sites (tertiary alicyclic amines) is 1. The highest BCUT2D eigenvalue weighted by molar-refractivity contribution is 5.88. The zero-order chi connectivity index (χ0) is 23.5. The average molecular weight is 463 g/mol. The van der Waals surface area contributed by atoms with Crippen LogP contribution in [0, 0.1) is 5.92 Å². The third-order valence-corrected chi connectivity index (χ3v) is 7.49. The molecule has 1 aromatic carbocycles. The van der Waals surface area contributed by atoms with E-state index in [2.05, 4.69) is 51.3 Å². The van der Waals surface area contributed by atoms with Crippen LogP contribution in [0.2, 0.25) is 0 Å². The van der Waals surface area contributed by atoms with E-state index < -0.39 is 0 Å². The van der Waals surface area contributed by atoms with E-state index in [9.17, 15) is 4.79 Å². The number of H-pyrrole nitrogens is 1. The summed E-state index contributed by atoms with van der Waals surface area (Å²) in [6.07, 6.45) is 5.70. The SMILES string of the molecule is CC(C(=O)N1CCC[C@H](c2ccccc2)C1)C(C)c1n[nH]c2ccnc(OC3CCOCC3)c12. The van der Waals surface area contributed by atoms with Gasteiger partial charge in [0.1, 0.15) is 6.10 Å². The molecule has 0 saturated carbocycles. The van der Waals surface area contributed by atoms with E-state index in [0.717, 1.165) is 55.4 Å². The summed E-state index contributed by atoms with van der Waals surface area (Å²) in [6, 6.07) is 12.5. The second-order valence-electron chi connectivity index (χ2n) is 9.69. The number of ether oxygens (including phenoxy) is 2. The molecule has 3 atom stereocenters. The number of carbonyl (C=O) groups excluding carboxylic acids is 1. The Balaban J connectivity index is 1.34. The lowest BCUT2D eigenvalue weighted by molar-refractivity contribution is -0.136. The molecule has 2 unspecified atom stereocenters. The first-order valence-electron chi connectivity index (χ1n) is 12.5. The van der Waals surface area contributed by atoms with Crippen molar-refractivity contribution in [2.45, 2.75) is 57.5 Å². The molecule has 7 nitrogen and oxygen atoms in total. The molecule has 4 heterocycles. The Morgan fingerprint density at radius 1 is 1.15 bits per heavy atom. The molecule has 3 aromatic rings. The fourth-order valence-corrected chi connectivity index (χ4v) is 5.24. The number of amides is 1. The molecule has 2 aromatic heterocycles. The summed E-state index contributed by atoms with van der Waals surface area (Å²) in [7, 11) is 0. The number of hydrogen-bond donors (Lipinski definition) is 1. The molecule has 2 saturated heterocycles. The first-order valence-corrected chi connectivity index (χ1v) is 12.5. The predicted molar refractivity (Wildman–Crippen MR) is 131 cm³/mol. The number of benzene rings is 1. The Kier molecular flexibility index (Phi) is 6.81. The van der Waals surface area contributed by atoms with Crippen LogP contribution in [0.5, 0.6) is 5.88 Å². The minimum absolute atomic E-state index is 0.0698. The summed E-state index contributed by atoms with van der Waals surface area (Å²) in [5, 5.41) is 8.64. The summed E-state index contributed by atoms with van der Waals surface area (Å²) >= 11 is 0. The van der Waals surface area contributed by atoms with Gasteiger partial charge in [0.15, 0.2) is 0 Å². The van der Waals surface area contributed by atoms with Crippen molar-refractivity contribution in [1.82, 2.24) is 20.1 Å². The third-order valence-electron chi connectivity index (χ3n) is 7.49. The quantitative estimate of drug-likeness (QED) is 0.576. The summed E-state index contributed by atoms with van der Waals surface area (Å²) < 4.78 is 11.8. The summed E-state index contributed by atoms with van der Waals surface area (Å²) in [6.45, 7) is 7.12. The molecular formula is C27H34N4O3. The lowest BCUT2D eigenvalue weighted by Crippen LogP contribution is -2.42. The molecule has 180 valence electrons. The van der Waals surface area contributed by atoms with Crippen molar-refractivity contribution < 1.29 is 14.3 Å². The fraction of sp³-hybridized carbons (Fsp3) is 0.519. The van der Waals surface area contributed by atoms with E-state index in [1.807, 2.05) is 19.1 Å². The van der Waals surface area contributed by atoms with E-state index in [1.165, 1.54) is 5.56 Å². The molecule has 7 heteroatoms. The molecule has 2 fully saturated rings. The van der Waals surface area contributed by atoms with Gasteiger partial charge in [0.05, 0.1) is 29.8 Å². The van der Waals surface area contributed by atoms with Crippen molar-refractivity contribution in [3.63, 3.8) is 0 Å². The van der Waals surface area contributed by atoms with Crippen LogP contribution in [-0.4, -0.2) is 58.4 Å². The standard InChI is InChI=1S/C27H34N4O3/c1-18(19(2)27(32)31-14-6-9-21(17-31)20-7-4-3-5-8-20)25-24-23(29-30-25)10-13-28-26(24)34-22-11-15-33-16-12-22/h3-5,7-8,10,13,18-19,21-22H,6,9,11-12,14-17H2,1-2H3,(H,29,30)/t18?,19?,21-/m0/s1. The van der Waals surface area contributed by atoms with Crippen LogP contribution in [-0.2, 0) is 9.53 Å². The molecular weight excluding hydrogens is 428 g/mol. The first-order chi connectivity index (χ1) is 16.6. The van der Waals surface area contributed by atoms with E-state index >= 15 is 0 Å². The van der Waals surface area contributed by atoms with Crippen LogP contribution in [0.4, 0.5) is 0 Å². The van der Waals surface area contributed by atoms with E-state index in [0.29, 0.717) is 25.0 Å². The highest BCUT2D eigenvalue weighted by Gasteiger charge is 2.33. The number of hydrogen-bond acceptors (Lipinski definition) is 5. The monoisotopic (exact) mass is 462 g/mol. The smallest absolute Gasteiger partial charge is 0.226 e. The van der Waals surface area contributed by atoms with Gasteiger partial charge >= 0.3 is 0 Å². The van der Waals surface area contributed by atoms with E-state index in [4.69, 9.17) is 9.47 Å². The highest BCUT2D eigenvalue weighted by Crippen LogP contribution is 2.36. The molecule has 2 aliphatic heterocycles. The predicted octanol–water partition coefficient (Wildman–Crippen LogP) is 4.66. The molecule has 1 amide bonds. The van der Waals surface area contributed by atoms with Crippen LogP contribution in [0.1, 0.15) is 62.6 Å². The van der Waals surface area contributed by atoms with Crippen LogP contribution >= 0.6 is 0 Å². The lowest BCUT2D eigenvalue weighted by Gasteiger charge is -2.35. The number of aromatic amines is 1. The maximum Gasteiger partial charge on any atom is 0.226 e. The first kappa shape index (κ1) is 22.8. The molecule has 0 bridgehead atoms. The number of carbonyl (C=O) groups is 1. The fourth-order valence-electron chi connectivity index (χ4n) is 5.24. The van der Waals surface area contributed by atoms with Crippen LogP contribution < -0.4 is 4.74 Å². The van der Waals surface area contributed by atoms with Crippen LogP contribution in [0.15, 0.2) is 42.6 Å². The second kappa shape index (κ2) is 10.1. The zero-order valence-electron chi connectivity index (χ0n) is 20.1. The van der Waals surface area contributed by atoms with Crippen molar-refractivity contribution >= 4 is 16.8 Å². The zero-order valence-corrected chi connectivity index (χ0v) is 20.1. The molecule has 34 heavy (non-hydrogen) atoms. The van der Waals surface area contributed by atoms with Gasteiger partial charge in [0.25, 0.3) is 0 Å². The number of pyridine rings is 1. The van der Waals surface area contributed by atoms with Crippen molar-refractivity contribution in [2.75, 3.05) is 26.3 Å². The lowest BCUT2D eigenvalue weighted by atomic mass is 9.87. The molecule has 0 aliphatic carbocycles. The van der Waals surface area contributed by atoms with Crippen LogP contribution in [0.25, 0.3) is 10.9 Å². The number of nitrogens with zero attached hydrogens (tertiary/aromatic N) is 3. The van der Waals surface area contributed by atoms with Gasteiger partial charge in [-0.1, -0.05) is 44.2 Å². The Labute approximate surface area is 200 Å². The molecule has 2 aliphatic rings. The van der Waals surface area contributed by atoms with Gasteiger partial charge < -0.3 is 14.4 Å². The second-order valence-corrected chi connectivity index (χ2v) is 9.69. The van der Waals surface area contributed by atoms with Gasteiger partial charge in [-0.25, -0.2) is 4.98 Å². The molecule has 0 spiro atoms. The van der Waals surface area contributed by atoms with Crippen LogP contribution in [0.3, 0.4) is 0 Å². The summed E-state index contributed by atoms with van der Waals surface area (Å²) in [4.78, 5) is 20.2. The number of aromatic nitrogens is 3. The van der Waals surface area contributed by atoms with Crippen molar-refractivity contribution in [3.8, 4) is 5.88 Å². The molecule has 0 radical (unpaired) electrons. The normalized spacial score (nSPS) is 21.4. The Bertz CT molecular complexity index is 1110. The summed E-state index contributed by atoms with van der Waals surface area (Å²) in [5.74, 6) is 0.926. The van der Waals surface area contributed by atoms with Gasteiger partial charge in [0.2, 0.25) is 11.8 Å².